The first-order valence-electron chi connectivity index (χ1n) is 7.18. The lowest BCUT2D eigenvalue weighted by atomic mass is 9.90. The standard InChI is InChI=1S/C16H26N2O/c1-12-6-4-7-14(10-12)15(13(2)17)18-9-5-8-16(3,19)11-18/h4,6-7,10,13,15,19H,5,8-9,11,17H2,1-3H3. The van der Waals surface area contributed by atoms with Crippen molar-refractivity contribution in [3.63, 3.8) is 0 Å². The molecular weight excluding hydrogens is 236 g/mol. The molecule has 1 aromatic carbocycles. The number of nitrogens with two attached hydrogens (primary N) is 1. The molecule has 2 rings (SSSR count). The first-order valence-corrected chi connectivity index (χ1v) is 7.18. The van der Waals surface area contributed by atoms with E-state index in [-0.39, 0.29) is 12.1 Å². The summed E-state index contributed by atoms with van der Waals surface area (Å²) in [5.74, 6) is 0. The number of hydrogen-bond acceptors (Lipinski definition) is 3. The largest absolute Gasteiger partial charge is 0.389 e. The van der Waals surface area contributed by atoms with Crippen molar-refractivity contribution in [1.82, 2.24) is 4.90 Å². The Bertz CT molecular complexity index is 429. The van der Waals surface area contributed by atoms with Crippen molar-refractivity contribution in [2.45, 2.75) is 51.3 Å². The Kier molecular flexibility index (Phi) is 4.29. The zero-order chi connectivity index (χ0) is 14.0. The Labute approximate surface area is 116 Å². The summed E-state index contributed by atoms with van der Waals surface area (Å²) in [5, 5.41) is 10.3. The lowest BCUT2D eigenvalue weighted by Gasteiger charge is -2.43. The quantitative estimate of drug-likeness (QED) is 0.878. The van der Waals surface area contributed by atoms with Gasteiger partial charge in [-0.3, -0.25) is 4.90 Å². The third-order valence-corrected chi connectivity index (χ3v) is 3.98. The van der Waals surface area contributed by atoms with E-state index in [9.17, 15) is 5.11 Å². The highest BCUT2D eigenvalue weighted by Gasteiger charge is 2.34. The smallest absolute Gasteiger partial charge is 0.0746 e. The third kappa shape index (κ3) is 3.56. The topological polar surface area (TPSA) is 49.5 Å². The maximum absolute atomic E-state index is 10.3. The van der Waals surface area contributed by atoms with E-state index in [1.54, 1.807) is 0 Å². The fourth-order valence-corrected chi connectivity index (χ4v) is 3.20. The summed E-state index contributed by atoms with van der Waals surface area (Å²) in [6.07, 6.45) is 1.91. The fraction of sp³-hybridized carbons (Fsp3) is 0.625. The summed E-state index contributed by atoms with van der Waals surface area (Å²) in [4.78, 5) is 2.34. The molecule has 1 heterocycles. The minimum Gasteiger partial charge on any atom is -0.389 e. The van der Waals surface area contributed by atoms with Crippen molar-refractivity contribution in [3.05, 3.63) is 35.4 Å². The van der Waals surface area contributed by atoms with E-state index in [0.717, 1.165) is 19.4 Å². The van der Waals surface area contributed by atoms with Crippen molar-refractivity contribution in [3.8, 4) is 0 Å². The van der Waals surface area contributed by atoms with Crippen LogP contribution in [0.3, 0.4) is 0 Å². The van der Waals surface area contributed by atoms with Gasteiger partial charge in [0.15, 0.2) is 0 Å². The van der Waals surface area contributed by atoms with Crippen LogP contribution >= 0.6 is 0 Å². The molecular formula is C16H26N2O. The molecule has 0 saturated carbocycles. The normalized spacial score (nSPS) is 28.1. The SMILES string of the molecule is Cc1cccc(C(C(C)N)N2CCCC(C)(O)C2)c1. The zero-order valence-corrected chi connectivity index (χ0v) is 12.3. The van der Waals surface area contributed by atoms with Crippen molar-refractivity contribution in [2.75, 3.05) is 13.1 Å². The van der Waals surface area contributed by atoms with Crippen LogP contribution < -0.4 is 5.73 Å². The van der Waals surface area contributed by atoms with Crippen molar-refractivity contribution < 1.29 is 5.11 Å². The molecule has 3 unspecified atom stereocenters. The van der Waals surface area contributed by atoms with Crippen LogP contribution in [0.4, 0.5) is 0 Å². The molecule has 3 nitrogen and oxygen atoms in total. The van der Waals surface area contributed by atoms with Gasteiger partial charge in [0.25, 0.3) is 0 Å². The highest BCUT2D eigenvalue weighted by Crippen LogP contribution is 2.30. The van der Waals surface area contributed by atoms with Crippen molar-refractivity contribution >= 4 is 0 Å². The molecule has 0 amide bonds. The molecule has 0 aliphatic carbocycles. The molecule has 1 saturated heterocycles. The van der Waals surface area contributed by atoms with Crippen LogP contribution in [0.15, 0.2) is 24.3 Å². The van der Waals surface area contributed by atoms with E-state index in [1.165, 1.54) is 11.1 Å². The Morgan fingerprint density at radius 2 is 2.16 bits per heavy atom. The maximum atomic E-state index is 10.3. The summed E-state index contributed by atoms with van der Waals surface area (Å²) in [7, 11) is 0. The molecule has 0 radical (unpaired) electrons. The summed E-state index contributed by atoms with van der Waals surface area (Å²) in [6, 6.07) is 8.78. The average molecular weight is 262 g/mol. The Morgan fingerprint density at radius 3 is 2.74 bits per heavy atom. The van der Waals surface area contributed by atoms with Crippen molar-refractivity contribution in [2.24, 2.45) is 5.73 Å². The second kappa shape index (κ2) is 5.61. The molecule has 1 aromatic rings. The number of β-amino-alcohol motifs (C(OH)–C–C–N with tert-alkyl or cyclic N) is 1. The van der Waals surface area contributed by atoms with E-state index in [1.807, 2.05) is 6.92 Å². The highest BCUT2D eigenvalue weighted by molar-refractivity contribution is 5.26. The van der Waals surface area contributed by atoms with Gasteiger partial charge >= 0.3 is 0 Å². The van der Waals surface area contributed by atoms with Crippen LogP contribution in [0, 0.1) is 6.92 Å². The predicted octanol–water partition coefficient (Wildman–Crippen LogP) is 2.23. The zero-order valence-electron chi connectivity index (χ0n) is 12.3. The van der Waals surface area contributed by atoms with E-state index < -0.39 is 5.60 Å². The molecule has 0 spiro atoms. The number of hydrogen-bond donors (Lipinski definition) is 2. The van der Waals surface area contributed by atoms with E-state index in [4.69, 9.17) is 5.73 Å². The first kappa shape index (κ1) is 14.5. The fourth-order valence-electron chi connectivity index (χ4n) is 3.20. The molecule has 3 atom stereocenters. The first-order chi connectivity index (χ1) is 8.89. The minimum absolute atomic E-state index is 0.0516. The lowest BCUT2D eigenvalue weighted by molar-refractivity contribution is -0.0333. The molecule has 3 N–H and O–H groups in total. The number of nitrogens with zero attached hydrogens (tertiary/aromatic N) is 1. The number of likely N-dealkylation sites (tertiary alicyclic amines) is 1. The molecule has 106 valence electrons. The summed E-state index contributed by atoms with van der Waals surface area (Å²) in [6.45, 7) is 7.79. The van der Waals surface area contributed by atoms with Crippen LogP contribution in [0.5, 0.6) is 0 Å². The second-order valence-corrected chi connectivity index (χ2v) is 6.29. The number of aliphatic hydroxyl groups is 1. The summed E-state index contributed by atoms with van der Waals surface area (Å²) in [5.41, 5.74) is 8.14. The molecule has 1 aliphatic rings. The van der Waals surface area contributed by atoms with Gasteiger partial charge in [0, 0.05) is 18.6 Å². The third-order valence-electron chi connectivity index (χ3n) is 3.98. The Hall–Kier alpha value is -0.900. The van der Waals surface area contributed by atoms with Crippen LogP contribution in [0.25, 0.3) is 0 Å². The Morgan fingerprint density at radius 1 is 1.42 bits per heavy atom. The van der Waals surface area contributed by atoms with Gasteiger partial charge in [0.2, 0.25) is 0 Å². The molecule has 0 aromatic heterocycles. The number of aryl methyl sites for hydroxylation is 1. The van der Waals surface area contributed by atoms with Crippen LogP contribution in [-0.2, 0) is 0 Å². The summed E-state index contributed by atoms with van der Waals surface area (Å²) >= 11 is 0. The molecule has 1 fully saturated rings. The average Bonchev–Trinajstić information content (AvgIpc) is 2.27. The van der Waals surface area contributed by atoms with Crippen LogP contribution in [0.1, 0.15) is 43.9 Å². The second-order valence-electron chi connectivity index (χ2n) is 6.29. The van der Waals surface area contributed by atoms with Gasteiger partial charge in [-0.25, -0.2) is 0 Å². The monoisotopic (exact) mass is 262 g/mol. The van der Waals surface area contributed by atoms with Crippen molar-refractivity contribution in [1.29, 1.82) is 0 Å². The molecule has 1 aliphatic heterocycles. The highest BCUT2D eigenvalue weighted by atomic mass is 16.3. The van der Waals surface area contributed by atoms with Gasteiger partial charge in [-0.1, -0.05) is 29.8 Å². The van der Waals surface area contributed by atoms with Crippen LogP contribution in [-0.4, -0.2) is 34.7 Å². The minimum atomic E-state index is -0.588. The van der Waals surface area contributed by atoms with E-state index >= 15 is 0 Å². The van der Waals surface area contributed by atoms with Gasteiger partial charge in [-0.2, -0.15) is 0 Å². The predicted molar refractivity (Wildman–Crippen MR) is 79.0 cm³/mol. The van der Waals surface area contributed by atoms with Gasteiger partial charge in [-0.15, -0.1) is 0 Å². The maximum Gasteiger partial charge on any atom is 0.0746 e. The number of rotatable bonds is 3. The number of piperidine rings is 1. The van der Waals surface area contributed by atoms with Gasteiger partial charge in [0.1, 0.15) is 0 Å². The summed E-state index contributed by atoms with van der Waals surface area (Å²) < 4.78 is 0. The molecule has 0 bridgehead atoms. The van der Waals surface area contributed by atoms with E-state index in [2.05, 4.69) is 43.0 Å². The van der Waals surface area contributed by atoms with Gasteiger partial charge < -0.3 is 10.8 Å². The van der Waals surface area contributed by atoms with Gasteiger partial charge in [0.05, 0.1) is 5.60 Å². The molecule has 19 heavy (non-hydrogen) atoms. The Balaban J connectivity index is 2.25. The van der Waals surface area contributed by atoms with Gasteiger partial charge in [-0.05, 0) is 45.7 Å². The lowest BCUT2D eigenvalue weighted by Crippen LogP contribution is -2.50. The molecule has 3 heteroatoms. The van der Waals surface area contributed by atoms with E-state index in [0.29, 0.717) is 6.54 Å². The number of benzene rings is 1. The van der Waals surface area contributed by atoms with Crippen LogP contribution in [0.2, 0.25) is 0 Å².